The van der Waals surface area contributed by atoms with E-state index in [1.165, 1.54) is 12.4 Å². The number of piperidine rings is 1. The molecule has 1 aliphatic rings. The number of hydrogen-bond donors (Lipinski definition) is 1. The number of aromatic nitrogens is 6. The third-order valence-electron chi connectivity index (χ3n) is 7.05. The maximum Gasteiger partial charge on any atom is 0.246 e. The number of aryl methyl sites for hydroxylation is 2. The predicted molar refractivity (Wildman–Crippen MR) is 157 cm³/mol. The van der Waals surface area contributed by atoms with Crippen molar-refractivity contribution in [3.63, 3.8) is 0 Å². The molecule has 0 radical (unpaired) electrons. The van der Waals surface area contributed by atoms with Crippen LogP contribution in [-0.2, 0) is 11.8 Å². The quantitative estimate of drug-likeness (QED) is 0.241. The van der Waals surface area contributed by atoms with Gasteiger partial charge >= 0.3 is 0 Å². The third-order valence-corrected chi connectivity index (χ3v) is 7.05. The van der Waals surface area contributed by atoms with Gasteiger partial charge in [-0.1, -0.05) is 12.5 Å². The zero-order valence-electron chi connectivity index (χ0n) is 22.8. The van der Waals surface area contributed by atoms with E-state index in [1.807, 2.05) is 54.9 Å². The minimum absolute atomic E-state index is 0.107. The number of imidazole rings is 1. The second kappa shape index (κ2) is 11.1. The van der Waals surface area contributed by atoms with Gasteiger partial charge in [-0.2, -0.15) is 0 Å². The van der Waals surface area contributed by atoms with E-state index >= 15 is 0 Å². The lowest BCUT2D eigenvalue weighted by Crippen LogP contribution is -2.42. The van der Waals surface area contributed by atoms with Crippen molar-refractivity contribution >= 4 is 39.5 Å². The molecule has 6 rings (SSSR count). The number of anilines is 2. The molecule has 1 aliphatic heterocycles. The maximum atomic E-state index is 12.2. The Morgan fingerprint density at radius 3 is 2.88 bits per heavy atom. The average molecular weight is 545 g/mol. The van der Waals surface area contributed by atoms with Crippen LogP contribution in [-0.4, -0.2) is 52.9 Å². The summed E-state index contributed by atoms with van der Waals surface area (Å²) in [7, 11) is 1.96. The molecule has 204 valence electrons. The number of hydrogen-bond acceptors (Lipinski definition) is 8. The summed E-state index contributed by atoms with van der Waals surface area (Å²) in [5.41, 5.74) is 4.84. The van der Waals surface area contributed by atoms with E-state index < -0.39 is 0 Å². The molecule has 3 aromatic heterocycles. The number of rotatable bonds is 5. The van der Waals surface area contributed by atoms with E-state index in [0.29, 0.717) is 29.2 Å². The number of carbonyl (C=O) groups is 1. The molecule has 1 saturated heterocycles. The number of fused-ring (bicyclic) bond motifs is 2. The number of likely N-dealkylation sites (tertiary alicyclic amines) is 1. The Hall–Kier alpha value is -5.30. The number of nitrogens with zero attached hydrogens (tertiary/aromatic N) is 7. The molecule has 1 N–H and O–H groups in total. The van der Waals surface area contributed by atoms with Gasteiger partial charge in [-0.15, -0.1) is 0 Å². The van der Waals surface area contributed by atoms with Gasteiger partial charge in [-0.05, 0) is 74.1 Å². The maximum absolute atomic E-state index is 12.2. The van der Waals surface area contributed by atoms with Crippen LogP contribution in [0.2, 0.25) is 0 Å². The smallest absolute Gasteiger partial charge is 0.246 e. The standard InChI is InChI=1S/C31H28N8O2/c1-4-29(40)39-14-6-5-7-22(39)9-13-28-32-17-25-30(37-28)31(34-18-33-25)36-21-8-12-27(20(2)15-21)41-23-10-11-26-24(16-23)35-19-38(26)3/h4,8,10-12,15-19,22H,1,5-7,14H2,2-3H3,(H,33,34,36)/t22-/m1/s1. The van der Waals surface area contributed by atoms with Gasteiger partial charge in [0.05, 0.1) is 29.6 Å². The highest BCUT2D eigenvalue weighted by molar-refractivity contribution is 5.88. The molecule has 0 bridgehead atoms. The van der Waals surface area contributed by atoms with Crippen molar-refractivity contribution in [2.45, 2.75) is 32.2 Å². The summed E-state index contributed by atoms with van der Waals surface area (Å²) in [4.78, 5) is 36.1. The summed E-state index contributed by atoms with van der Waals surface area (Å²) >= 11 is 0. The first kappa shape index (κ1) is 26.0. The number of amides is 1. The fourth-order valence-electron chi connectivity index (χ4n) is 4.90. The van der Waals surface area contributed by atoms with Crippen molar-refractivity contribution in [1.29, 1.82) is 0 Å². The van der Waals surface area contributed by atoms with E-state index in [-0.39, 0.29) is 11.9 Å². The Morgan fingerprint density at radius 1 is 1.12 bits per heavy atom. The van der Waals surface area contributed by atoms with Crippen LogP contribution in [0.5, 0.6) is 11.5 Å². The molecule has 1 atom stereocenters. The minimum Gasteiger partial charge on any atom is -0.457 e. The van der Waals surface area contributed by atoms with Crippen molar-refractivity contribution in [2.75, 3.05) is 11.9 Å². The van der Waals surface area contributed by atoms with Crippen LogP contribution in [0.4, 0.5) is 11.5 Å². The summed E-state index contributed by atoms with van der Waals surface area (Å²) in [6.45, 7) is 6.27. The molecule has 10 heteroatoms. The van der Waals surface area contributed by atoms with Crippen LogP contribution in [0.3, 0.4) is 0 Å². The first-order valence-corrected chi connectivity index (χ1v) is 13.4. The number of ether oxygens (including phenoxy) is 1. The molecule has 4 heterocycles. The average Bonchev–Trinajstić information content (AvgIpc) is 3.37. The number of nitrogens with one attached hydrogen (secondary N) is 1. The van der Waals surface area contributed by atoms with Crippen LogP contribution in [0, 0.1) is 18.8 Å². The molecule has 2 aromatic carbocycles. The summed E-state index contributed by atoms with van der Waals surface area (Å²) < 4.78 is 8.13. The molecule has 1 amide bonds. The van der Waals surface area contributed by atoms with Crippen molar-refractivity contribution in [3.8, 4) is 23.3 Å². The lowest BCUT2D eigenvalue weighted by Gasteiger charge is -2.31. The molecule has 0 aliphatic carbocycles. The Balaban J connectivity index is 1.22. The van der Waals surface area contributed by atoms with E-state index in [4.69, 9.17) is 4.74 Å². The topological polar surface area (TPSA) is 111 Å². The number of carbonyl (C=O) groups excluding carboxylic acids is 1. The zero-order valence-corrected chi connectivity index (χ0v) is 22.8. The van der Waals surface area contributed by atoms with Gasteiger partial charge in [0.15, 0.2) is 5.82 Å². The van der Waals surface area contributed by atoms with Crippen molar-refractivity contribution in [3.05, 3.63) is 79.3 Å². The Bertz CT molecular complexity index is 1850. The second-order valence-corrected chi connectivity index (χ2v) is 9.88. The SMILES string of the molecule is C=CC(=O)N1CCCC[C@@H]1C#Cc1ncc2ncnc(Nc3ccc(Oc4ccc5c(c4)ncn5C)c(C)c3)c2n1. The van der Waals surface area contributed by atoms with E-state index in [0.717, 1.165) is 53.0 Å². The van der Waals surface area contributed by atoms with Gasteiger partial charge in [0.25, 0.3) is 0 Å². The highest BCUT2D eigenvalue weighted by Crippen LogP contribution is 2.30. The lowest BCUT2D eigenvalue weighted by atomic mass is 10.0. The van der Waals surface area contributed by atoms with E-state index in [2.05, 4.69) is 48.7 Å². The summed E-state index contributed by atoms with van der Waals surface area (Å²) in [6.07, 6.45) is 9.02. The summed E-state index contributed by atoms with van der Waals surface area (Å²) in [5, 5.41) is 3.35. The molecule has 5 aromatic rings. The van der Waals surface area contributed by atoms with Gasteiger partial charge in [-0.3, -0.25) is 4.79 Å². The monoisotopic (exact) mass is 544 g/mol. The first-order valence-electron chi connectivity index (χ1n) is 13.4. The number of benzene rings is 2. The Kier molecular flexibility index (Phi) is 7.00. The van der Waals surface area contributed by atoms with Crippen LogP contribution < -0.4 is 10.1 Å². The predicted octanol–water partition coefficient (Wildman–Crippen LogP) is 5.07. The fraction of sp³-hybridized carbons (Fsp3) is 0.226. The van der Waals surface area contributed by atoms with Gasteiger partial charge in [-0.25, -0.2) is 24.9 Å². The largest absolute Gasteiger partial charge is 0.457 e. The van der Waals surface area contributed by atoms with Gasteiger partial charge in [0.1, 0.15) is 28.9 Å². The van der Waals surface area contributed by atoms with Crippen molar-refractivity contribution in [2.24, 2.45) is 7.05 Å². The Morgan fingerprint density at radius 2 is 2.02 bits per heavy atom. The molecule has 0 saturated carbocycles. The highest BCUT2D eigenvalue weighted by atomic mass is 16.5. The van der Waals surface area contributed by atoms with E-state index in [9.17, 15) is 4.79 Å². The van der Waals surface area contributed by atoms with Gasteiger partial charge in [0, 0.05) is 25.3 Å². The lowest BCUT2D eigenvalue weighted by molar-refractivity contribution is -0.128. The summed E-state index contributed by atoms with van der Waals surface area (Å²) in [5.74, 6) is 8.47. The normalized spacial score (nSPS) is 14.9. The molecule has 41 heavy (non-hydrogen) atoms. The van der Waals surface area contributed by atoms with Crippen LogP contribution in [0.1, 0.15) is 30.7 Å². The molecule has 10 nitrogen and oxygen atoms in total. The molecular weight excluding hydrogens is 516 g/mol. The van der Waals surface area contributed by atoms with Crippen LogP contribution >= 0.6 is 0 Å². The first-order chi connectivity index (χ1) is 20.0. The van der Waals surface area contributed by atoms with Gasteiger partial charge in [0.2, 0.25) is 11.7 Å². The fourth-order valence-corrected chi connectivity index (χ4v) is 4.90. The zero-order chi connectivity index (χ0) is 28.3. The molecular formula is C31H28N8O2. The van der Waals surface area contributed by atoms with E-state index in [1.54, 1.807) is 17.4 Å². The van der Waals surface area contributed by atoms with Crippen molar-refractivity contribution in [1.82, 2.24) is 34.4 Å². The minimum atomic E-state index is -0.187. The second-order valence-electron chi connectivity index (χ2n) is 9.88. The van der Waals surface area contributed by atoms with Crippen LogP contribution in [0.15, 0.2) is 67.9 Å². The molecule has 0 unspecified atom stereocenters. The summed E-state index contributed by atoms with van der Waals surface area (Å²) in [6, 6.07) is 11.5. The molecule has 1 fully saturated rings. The highest BCUT2D eigenvalue weighted by Gasteiger charge is 2.23. The van der Waals surface area contributed by atoms with Crippen molar-refractivity contribution < 1.29 is 9.53 Å². The van der Waals surface area contributed by atoms with Gasteiger partial charge < -0.3 is 19.5 Å². The Labute approximate surface area is 237 Å². The molecule has 0 spiro atoms. The third kappa shape index (κ3) is 5.43. The van der Waals surface area contributed by atoms with Crippen LogP contribution in [0.25, 0.3) is 22.1 Å².